The average molecular weight is 315 g/mol. The molecule has 2 aliphatic heterocycles. The van der Waals surface area contributed by atoms with Crippen LogP contribution in [-0.2, 0) is 9.84 Å². The molecule has 102 valence electrons. The molecule has 19 heavy (non-hydrogen) atoms. The number of phenolic OH excluding ortho intramolecular Hbond substituents is 1. The van der Waals surface area contributed by atoms with Gasteiger partial charge in [-0.1, -0.05) is 30.0 Å². The first-order valence-electron chi connectivity index (χ1n) is 5.82. The Bertz CT molecular complexity index is 658. The van der Waals surface area contributed by atoms with Gasteiger partial charge in [0.25, 0.3) is 0 Å². The molecule has 2 aliphatic rings. The zero-order chi connectivity index (χ0) is 13.8. The number of benzene rings is 1. The lowest BCUT2D eigenvalue weighted by molar-refractivity contribution is 0.474. The van der Waals surface area contributed by atoms with Crippen molar-refractivity contribution in [3.05, 3.63) is 24.3 Å². The zero-order valence-electron chi connectivity index (χ0n) is 10.2. The van der Waals surface area contributed by atoms with Crippen LogP contribution >= 0.6 is 24.0 Å². The summed E-state index contributed by atoms with van der Waals surface area (Å²) in [6, 6.07) is 6.77. The van der Waals surface area contributed by atoms with E-state index in [0.29, 0.717) is 4.32 Å². The van der Waals surface area contributed by atoms with Crippen LogP contribution in [0.15, 0.2) is 24.3 Å². The molecule has 2 heterocycles. The number of hydrogen-bond acceptors (Lipinski definition) is 5. The Morgan fingerprint density at radius 1 is 1.53 bits per heavy atom. The van der Waals surface area contributed by atoms with Crippen LogP contribution in [0, 0.1) is 0 Å². The average Bonchev–Trinajstić information content (AvgIpc) is 2.60. The standard InChI is InChI=1S/C12H13NO3S3/c1-12-7-19(15,16)6-10(12)18-11(17)13(12)8-3-2-4-9(14)5-8/h2-5,10,14H,6-7H2,1H3/t10-,12+/m0/s1. The zero-order valence-corrected chi connectivity index (χ0v) is 12.7. The highest BCUT2D eigenvalue weighted by molar-refractivity contribution is 8.24. The summed E-state index contributed by atoms with van der Waals surface area (Å²) in [7, 11) is -3.02. The van der Waals surface area contributed by atoms with E-state index in [-0.39, 0.29) is 22.5 Å². The molecule has 0 amide bonds. The van der Waals surface area contributed by atoms with Gasteiger partial charge >= 0.3 is 0 Å². The summed E-state index contributed by atoms with van der Waals surface area (Å²) in [5, 5.41) is 9.56. The lowest BCUT2D eigenvalue weighted by atomic mass is 9.98. The molecule has 0 unspecified atom stereocenters. The third kappa shape index (κ3) is 2.04. The quantitative estimate of drug-likeness (QED) is 0.797. The van der Waals surface area contributed by atoms with E-state index < -0.39 is 15.4 Å². The van der Waals surface area contributed by atoms with Gasteiger partial charge in [0.15, 0.2) is 9.84 Å². The summed E-state index contributed by atoms with van der Waals surface area (Å²) in [5.74, 6) is 0.426. The number of aromatic hydroxyl groups is 1. The van der Waals surface area contributed by atoms with Gasteiger partial charge in [0, 0.05) is 11.8 Å². The molecule has 0 aliphatic carbocycles. The third-order valence-corrected chi connectivity index (χ3v) is 7.53. The molecule has 0 aromatic heterocycles. The summed E-state index contributed by atoms with van der Waals surface area (Å²) in [6.45, 7) is 1.93. The predicted molar refractivity (Wildman–Crippen MR) is 81.6 cm³/mol. The van der Waals surface area contributed by atoms with E-state index in [2.05, 4.69) is 0 Å². The van der Waals surface area contributed by atoms with Crippen molar-refractivity contribution in [1.29, 1.82) is 0 Å². The van der Waals surface area contributed by atoms with Gasteiger partial charge in [-0.25, -0.2) is 8.42 Å². The van der Waals surface area contributed by atoms with Crippen LogP contribution in [0.4, 0.5) is 5.69 Å². The number of hydrogen-bond donors (Lipinski definition) is 1. The molecule has 1 N–H and O–H groups in total. The first-order chi connectivity index (χ1) is 8.82. The molecule has 2 atom stereocenters. The van der Waals surface area contributed by atoms with Gasteiger partial charge in [-0.2, -0.15) is 0 Å². The summed E-state index contributed by atoms with van der Waals surface area (Å²) < 4.78 is 24.4. The number of anilines is 1. The fourth-order valence-electron chi connectivity index (χ4n) is 2.79. The fourth-order valence-corrected chi connectivity index (χ4v) is 7.72. The van der Waals surface area contributed by atoms with E-state index in [1.54, 1.807) is 18.2 Å². The smallest absolute Gasteiger partial charge is 0.153 e. The molecular formula is C12H13NO3S3. The van der Waals surface area contributed by atoms with Crippen LogP contribution in [-0.4, -0.2) is 40.1 Å². The Morgan fingerprint density at radius 2 is 2.26 bits per heavy atom. The minimum atomic E-state index is -3.02. The van der Waals surface area contributed by atoms with E-state index >= 15 is 0 Å². The highest BCUT2D eigenvalue weighted by Crippen LogP contribution is 2.48. The van der Waals surface area contributed by atoms with Crippen molar-refractivity contribution in [3.8, 4) is 5.75 Å². The van der Waals surface area contributed by atoms with Crippen molar-refractivity contribution in [3.63, 3.8) is 0 Å². The molecule has 4 nitrogen and oxygen atoms in total. The lowest BCUT2D eigenvalue weighted by Crippen LogP contribution is -2.49. The van der Waals surface area contributed by atoms with E-state index in [1.165, 1.54) is 11.8 Å². The molecule has 1 aromatic carbocycles. The molecule has 3 rings (SSSR count). The van der Waals surface area contributed by atoms with Crippen molar-refractivity contribution in [1.82, 2.24) is 0 Å². The number of fused-ring (bicyclic) bond motifs is 1. The molecule has 1 aromatic rings. The van der Waals surface area contributed by atoms with Crippen molar-refractivity contribution in [2.24, 2.45) is 0 Å². The normalized spacial score (nSPS) is 32.6. The van der Waals surface area contributed by atoms with Crippen molar-refractivity contribution < 1.29 is 13.5 Å². The minimum Gasteiger partial charge on any atom is -0.508 e. The maximum atomic E-state index is 11.9. The van der Waals surface area contributed by atoms with Crippen molar-refractivity contribution >= 4 is 43.8 Å². The van der Waals surface area contributed by atoms with Crippen LogP contribution in [0.1, 0.15) is 6.92 Å². The van der Waals surface area contributed by atoms with Crippen LogP contribution < -0.4 is 4.90 Å². The Kier molecular flexibility index (Phi) is 2.85. The Labute approximate surface area is 121 Å². The van der Waals surface area contributed by atoms with E-state index in [0.717, 1.165) is 5.69 Å². The first kappa shape index (κ1) is 13.2. The van der Waals surface area contributed by atoms with Crippen LogP contribution in [0.25, 0.3) is 0 Å². The Balaban J connectivity index is 2.08. The summed E-state index contributed by atoms with van der Waals surface area (Å²) in [5.41, 5.74) is 0.230. The second-order valence-electron chi connectivity index (χ2n) is 5.14. The summed E-state index contributed by atoms with van der Waals surface area (Å²) in [6.07, 6.45) is 0. The van der Waals surface area contributed by atoms with Crippen LogP contribution in [0.5, 0.6) is 5.75 Å². The lowest BCUT2D eigenvalue weighted by Gasteiger charge is -2.34. The molecule has 0 saturated carbocycles. The topological polar surface area (TPSA) is 57.6 Å². The number of thioether (sulfide) groups is 1. The maximum absolute atomic E-state index is 11.9. The number of phenols is 1. The monoisotopic (exact) mass is 315 g/mol. The van der Waals surface area contributed by atoms with Gasteiger partial charge < -0.3 is 10.0 Å². The molecular weight excluding hydrogens is 302 g/mol. The SMILES string of the molecule is C[C@@]12CS(=O)(=O)C[C@@H]1SC(=S)N2c1cccc(O)c1. The van der Waals surface area contributed by atoms with Gasteiger partial charge in [-0.05, 0) is 19.1 Å². The van der Waals surface area contributed by atoms with Gasteiger partial charge in [-0.3, -0.25) is 0 Å². The van der Waals surface area contributed by atoms with Crippen molar-refractivity contribution in [2.75, 3.05) is 16.4 Å². The predicted octanol–water partition coefficient (Wildman–Crippen LogP) is 1.79. The molecule has 0 bridgehead atoms. The first-order valence-corrected chi connectivity index (χ1v) is 8.93. The molecule has 7 heteroatoms. The van der Waals surface area contributed by atoms with Gasteiger partial charge in [-0.15, -0.1) is 0 Å². The van der Waals surface area contributed by atoms with Gasteiger partial charge in [0.05, 0.1) is 22.3 Å². The summed E-state index contributed by atoms with van der Waals surface area (Å²) in [4.78, 5) is 1.88. The number of sulfone groups is 1. The van der Waals surface area contributed by atoms with Gasteiger partial charge in [0.1, 0.15) is 10.1 Å². The van der Waals surface area contributed by atoms with Crippen LogP contribution in [0.3, 0.4) is 0 Å². The van der Waals surface area contributed by atoms with E-state index in [4.69, 9.17) is 12.2 Å². The highest BCUT2D eigenvalue weighted by atomic mass is 32.2. The highest BCUT2D eigenvalue weighted by Gasteiger charge is 2.57. The molecule has 2 fully saturated rings. The minimum absolute atomic E-state index is 0.0349. The van der Waals surface area contributed by atoms with Crippen molar-refractivity contribution in [2.45, 2.75) is 17.7 Å². The summed E-state index contributed by atoms with van der Waals surface area (Å²) >= 11 is 6.82. The van der Waals surface area contributed by atoms with Gasteiger partial charge in [0.2, 0.25) is 0 Å². The third-order valence-electron chi connectivity index (χ3n) is 3.64. The number of rotatable bonds is 1. The second kappa shape index (κ2) is 4.10. The molecule has 0 spiro atoms. The Hall–Kier alpha value is -0.790. The maximum Gasteiger partial charge on any atom is 0.153 e. The fraction of sp³-hybridized carbons (Fsp3) is 0.417. The van der Waals surface area contributed by atoms with E-state index in [9.17, 15) is 13.5 Å². The molecule has 0 radical (unpaired) electrons. The number of thiocarbonyl (C=S) groups is 1. The Morgan fingerprint density at radius 3 is 2.95 bits per heavy atom. The van der Waals surface area contributed by atoms with E-state index in [1.807, 2.05) is 17.9 Å². The number of nitrogens with zero attached hydrogens (tertiary/aromatic N) is 1. The van der Waals surface area contributed by atoms with Crippen LogP contribution in [0.2, 0.25) is 0 Å². The second-order valence-corrected chi connectivity index (χ2v) is 9.09. The largest absolute Gasteiger partial charge is 0.508 e. The molecule has 2 saturated heterocycles.